The van der Waals surface area contributed by atoms with Crippen LogP contribution in [-0.2, 0) is 0 Å². The van der Waals surface area contributed by atoms with Crippen LogP contribution in [-0.4, -0.2) is 28.3 Å². The Morgan fingerprint density at radius 1 is 0.842 bits per heavy atom. The number of aryl methyl sites for hydroxylation is 2. The fourth-order valence-corrected chi connectivity index (χ4v) is 2.56. The molecule has 0 spiro atoms. The minimum atomic E-state index is -0.232. The van der Waals surface area contributed by atoms with Gasteiger partial charge >= 0.3 is 0 Å². The standard InChI is InChI=1S/C15H14N2O2/c1-9-4-5-10(2)17(9)11-6-7-12-13(8-11)15(19)16(3)14(12)18/h4-8H,1-3H3. The lowest BCUT2D eigenvalue weighted by Crippen LogP contribution is -2.24. The number of carbonyl (C=O) groups excluding carboxylic acids is 2. The van der Waals surface area contributed by atoms with Crippen LogP contribution in [0.4, 0.5) is 0 Å². The van der Waals surface area contributed by atoms with Crippen LogP contribution in [0, 0.1) is 13.8 Å². The quantitative estimate of drug-likeness (QED) is 0.733. The molecule has 96 valence electrons. The molecule has 0 fully saturated rings. The maximum absolute atomic E-state index is 12.0. The van der Waals surface area contributed by atoms with E-state index in [1.54, 1.807) is 12.1 Å². The van der Waals surface area contributed by atoms with Gasteiger partial charge in [0.15, 0.2) is 0 Å². The lowest BCUT2D eigenvalue weighted by atomic mass is 10.1. The molecule has 19 heavy (non-hydrogen) atoms. The van der Waals surface area contributed by atoms with Gasteiger partial charge in [-0.3, -0.25) is 14.5 Å². The summed E-state index contributed by atoms with van der Waals surface area (Å²) in [6.45, 7) is 4.03. The minimum absolute atomic E-state index is 0.229. The smallest absolute Gasteiger partial charge is 0.261 e. The van der Waals surface area contributed by atoms with Gasteiger partial charge in [-0.25, -0.2) is 0 Å². The Bertz CT molecular complexity index is 693. The molecule has 0 N–H and O–H groups in total. The van der Waals surface area contributed by atoms with Gasteiger partial charge in [-0.2, -0.15) is 0 Å². The van der Waals surface area contributed by atoms with E-state index in [1.807, 2.05) is 32.0 Å². The Kier molecular flexibility index (Phi) is 2.35. The number of benzene rings is 1. The highest BCUT2D eigenvalue weighted by molar-refractivity contribution is 6.21. The fraction of sp³-hybridized carbons (Fsp3) is 0.200. The van der Waals surface area contributed by atoms with Crippen LogP contribution in [0.5, 0.6) is 0 Å². The van der Waals surface area contributed by atoms with Crippen molar-refractivity contribution in [3.8, 4) is 5.69 Å². The second kappa shape index (κ2) is 3.82. The van der Waals surface area contributed by atoms with Crippen molar-refractivity contribution < 1.29 is 9.59 Å². The second-order valence-corrected chi connectivity index (χ2v) is 4.85. The Balaban J connectivity index is 2.19. The first-order chi connectivity index (χ1) is 9.00. The summed E-state index contributed by atoms with van der Waals surface area (Å²) in [6.07, 6.45) is 0. The average molecular weight is 254 g/mol. The van der Waals surface area contributed by atoms with Gasteiger partial charge in [0, 0.05) is 24.1 Å². The van der Waals surface area contributed by atoms with Gasteiger partial charge in [-0.05, 0) is 44.2 Å². The van der Waals surface area contributed by atoms with Crippen molar-refractivity contribution in [3.63, 3.8) is 0 Å². The van der Waals surface area contributed by atoms with Crippen molar-refractivity contribution in [1.82, 2.24) is 9.47 Å². The first-order valence-electron chi connectivity index (χ1n) is 6.12. The predicted molar refractivity (Wildman–Crippen MR) is 71.7 cm³/mol. The van der Waals surface area contributed by atoms with Crippen molar-refractivity contribution in [1.29, 1.82) is 0 Å². The van der Waals surface area contributed by atoms with Crippen LogP contribution in [0.25, 0.3) is 5.69 Å². The SMILES string of the molecule is Cc1ccc(C)n1-c1ccc2c(c1)C(=O)N(C)C2=O. The lowest BCUT2D eigenvalue weighted by Gasteiger charge is -2.10. The van der Waals surface area contributed by atoms with E-state index >= 15 is 0 Å². The van der Waals surface area contributed by atoms with Crippen LogP contribution in [0.2, 0.25) is 0 Å². The third-order valence-corrected chi connectivity index (χ3v) is 3.60. The van der Waals surface area contributed by atoms with Crippen LogP contribution in [0.15, 0.2) is 30.3 Å². The van der Waals surface area contributed by atoms with Gasteiger partial charge in [0.2, 0.25) is 0 Å². The molecule has 0 aliphatic carbocycles. The molecule has 1 aromatic heterocycles. The van der Waals surface area contributed by atoms with Gasteiger partial charge in [0.05, 0.1) is 11.1 Å². The van der Waals surface area contributed by atoms with E-state index in [0.717, 1.165) is 22.0 Å². The lowest BCUT2D eigenvalue weighted by molar-refractivity contribution is 0.0693. The highest BCUT2D eigenvalue weighted by Crippen LogP contribution is 2.25. The monoisotopic (exact) mass is 254 g/mol. The summed E-state index contributed by atoms with van der Waals surface area (Å²) in [5, 5.41) is 0. The molecule has 4 nitrogen and oxygen atoms in total. The number of nitrogens with zero attached hydrogens (tertiary/aromatic N) is 2. The summed E-state index contributed by atoms with van der Waals surface area (Å²) in [4.78, 5) is 25.0. The van der Waals surface area contributed by atoms with Crippen LogP contribution < -0.4 is 0 Å². The minimum Gasteiger partial charge on any atom is -0.318 e. The molecule has 0 saturated carbocycles. The Morgan fingerprint density at radius 3 is 2.05 bits per heavy atom. The zero-order chi connectivity index (χ0) is 13.7. The van der Waals surface area contributed by atoms with Gasteiger partial charge in [0.1, 0.15) is 0 Å². The number of aromatic nitrogens is 1. The van der Waals surface area contributed by atoms with Crippen molar-refractivity contribution in [2.75, 3.05) is 7.05 Å². The highest BCUT2D eigenvalue weighted by atomic mass is 16.2. The third kappa shape index (κ3) is 1.53. The van der Waals surface area contributed by atoms with Crippen LogP contribution in [0.1, 0.15) is 32.1 Å². The van der Waals surface area contributed by atoms with Crippen molar-refractivity contribution in [2.24, 2.45) is 0 Å². The van der Waals surface area contributed by atoms with Gasteiger partial charge < -0.3 is 4.57 Å². The van der Waals surface area contributed by atoms with Crippen LogP contribution >= 0.6 is 0 Å². The molecule has 2 aromatic rings. The second-order valence-electron chi connectivity index (χ2n) is 4.85. The van der Waals surface area contributed by atoms with E-state index in [4.69, 9.17) is 0 Å². The molecule has 0 unspecified atom stereocenters. The summed E-state index contributed by atoms with van der Waals surface area (Å²) in [6, 6.07) is 9.46. The van der Waals surface area contributed by atoms with Crippen molar-refractivity contribution in [3.05, 3.63) is 52.8 Å². The van der Waals surface area contributed by atoms with E-state index in [2.05, 4.69) is 4.57 Å². The molecule has 0 bridgehead atoms. The Morgan fingerprint density at radius 2 is 1.42 bits per heavy atom. The summed E-state index contributed by atoms with van der Waals surface area (Å²) >= 11 is 0. The van der Waals surface area contributed by atoms with Gasteiger partial charge in [-0.15, -0.1) is 0 Å². The largest absolute Gasteiger partial charge is 0.318 e. The van der Waals surface area contributed by atoms with E-state index in [1.165, 1.54) is 7.05 Å². The summed E-state index contributed by atoms with van der Waals surface area (Å²) < 4.78 is 2.07. The summed E-state index contributed by atoms with van der Waals surface area (Å²) in [5.41, 5.74) is 4.08. The molecule has 0 radical (unpaired) electrons. The summed E-state index contributed by atoms with van der Waals surface area (Å²) in [7, 11) is 1.51. The molecule has 4 heteroatoms. The topological polar surface area (TPSA) is 42.3 Å². The zero-order valence-electron chi connectivity index (χ0n) is 11.1. The third-order valence-electron chi connectivity index (χ3n) is 3.60. The molecule has 1 aliphatic heterocycles. The molecule has 0 atom stereocenters. The van der Waals surface area contributed by atoms with E-state index in [-0.39, 0.29) is 11.8 Å². The number of hydrogen-bond acceptors (Lipinski definition) is 2. The molecule has 3 rings (SSSR count). The van der Waals surface area contributed by atoms with Crippen molar-refractivity contribution >= 4 is 11.8 Å². The van der Waals surface area contributed by atoms with Crippen molar-refractivity contribution in [2.45, 2.75) is 13.8 Å². The first-order valence-corrected chi connectivity index (χ1v) is 6.12. The molecule has 2 amide bonds. The number of fused-ring (bicyclic) bond motifs is 1. The summed E-state index contributed by atoms with van der Waals surface area (Å²) in [5.74, 6) is -0.461. The van der Waals surface area contributed by atoms with Gasteiger partial charge in [0.25, 0.3) is 11.8 Å². The van der Waals surface area contributed by atoms with E-state index in [0.29, 0.717) is 11.1 Å². The normalized spacial score (nSPS) is 14.2. The molecule has 1 aromatic carbocycles. The molecular formula is C15H14N2O2. The highest BCUT2D eigenvalue weighted by Gasteiger charge is 2.32. The number of imide groups is 1. The fourth-order valence-electron chi connectivity index (χ4n) is 2.56. The molecule has 2 heterocycles. The van der Waals surface area contributed by atoms with Gasteiger partial charge in [-0.1, -0.05) is 0 Å². The average Bonchev–Trinajstić information content (AvgIpc) is 2.84. The number of carbonyl (C=O) groups is 2. The zero-order valence-corrected chi connectivity index (χ0v) is 11.1. The number of amides is 2. The van der Waals surface area contributed by atoms with E-state index in [9.17, 15) is 9.59 Å². The molecular weight excluding hydrogens is 240 g/mol. The van der Waals surface area contributed by atoms with Crippen LogP contribution in [0.3, 0.4) is 0 Å². The predicted octanol–water partition coefficient (Wildman–Crippen LogP) is 2.32. The first kappa shape index (κ1) is 11.7. The van der Waals surface area contributed by atoms with E-state index < -0.39 is 0 Å². The Labute approximate surface area is 111 Å². The Hall–Kier alpha value is -2.36. The molecule has 0 saturated heterocycles. The number of hydrogen-bond donors (Lipinski definition) is 0. The maximum Gasteiger partial charge on any atom is 0.261 e. The number of rotatable bonds is 1. The maximum atomic E-state index is 12.0. The molecule has 1 aliphatic rings.